The summed E-state index contributed by atoms with van der Waals surface area (Å²) in [4.78, 5) is 31.6. The van der Waals surface area contributed by atoms with E-state index >= 15 is 0 Å². The third-order valence-electron chi connectivity index (χ3n) is 3.70. The van der Waals surface area contributed by atoms with Gasteiger partial charge in [0.15, 0.2) is 0 Å². The normalized spacial score (nSPS) is 19.9. The third-order valence-corrected chi connectivity index (χ3v) is 3.70. The van der Waals surface area contributed by atoms with E-state index in [1.54, 1.807) is 18.1 Å². The van der Waals surface area contributed by atoms with Crippen molar-refractivity contribution in [2.75, 3.05) is 26.7 Å². The van der Waals surface area contributed by atoms with Gasteiger partial charge < -0.3 is 14.8 Å². The molecule has 1 saturated heterocycles. The smallest absolute Gasteiger partial charge is 0.243 e. The number of rotatable bonds is 3. The Morgan fingerprint density at radius 1 is 1.45 bits per heavy atom. The van der Waals surface area contributed by atoms with E-state index in [1.807, 2.05) is 17.8 Å². The van der Waals surface area contributed by atoms with E-state index in [-0.39, 0.29) is 11.8 Å². The fourth-order valence-corrected chi connectivity index (χ4v) is 2.50. The van der Waals surface area contributed by atoms with Crippen molar-refractivity contribution in [1.29, 1.82) is 0 Å². The number of imidazole rings is 1. The highest BCUT2D eigenvalue weighted by Gasteiger charge is 2.33. The van der Waals surface area contributed by atoms with Crippen LogP contribution in [0.15, 0.2) is 12.4 Å². The predicted octanol–water partition coefficient (Wildman–Crippen LogP) is -0.801. The molecule has 7 heteroatoms. The van der Waals surface area contributed by atoms with Crippen molar-refractivity contribution < 1.29 is 9.59 Å². The summed E-state index contributed by atoms with van der Waals surface area (Å²) in [5.74, 6) is 0.775. The molecule has 1 aromatic rings. The van der Waals surface area contributed by atoms with E-state index in [0.717, 1.165) is 12.4 Å². The number of hydrogen-bond donors (Lipinski definition) is 1. The average Bonchev–Trinajstić information content (AvgIpc) is 2.83. The van der Waals surface area contributed by atoms with Crippen LogP contribution in [0.25, 0.3) is 0 Å². The molecule has 0 aliphatic carbocycles. The zero-order chi connectivity index (χ0) is 14.7. The Bertz CT molecular complexity index is 499. The van der Waals surface area contributed by atoms with Crippen LogP contribution in [0.1, 0.15) is 12.7 Å². The molecule has 0 aromatic carbocycles. The molecule has 1 aliphatic heterocycles. The molecule has 1 aliphatic rings. The Balaban J connectivity index is 2.06. The first kappa shape index (κ1) is 14.5. The second-order valence-electron chi connectivity index (χ2n) is 5.03. The molecule has 1 aromatic heterocycles. The monoisotopic (exact) mass is 279 g/mol. The Morgan fingerprint density at radius 2 is 2.20 bits per heavy atom. The van der Waals surface area contributed by atoms with Crippen molar-refractivity contribution in [1.82, 2.24) is 24.7 Å². The minimum absolute atomic E-state index is 0.0600. The number of piperazine rings is 1. The van der Waals surface area contributed by atoms with Crippen molar-refractivity contribution in [2.45, 2.75) is 19.5 Å². The number of hydrogen-bond acceptors (Lipinski definition) is 4. The van der Waals surface area contributed by atoms with E-state index in [4.69, 9.17) is 0 Å². The first-order chi connectivity index (χ1) is 9.52. The van der Waals surface area contributed by atoms with Crippen LogP contribution in [0.4, 0.5) is 0 Å². The number of nitrogens with zero attached hydrogens (tertiary/aromatic N) is 4. The van der Waals surface area contributed by atoms with Gasteiger partial charge in [-0.1, -0.05) is 0 Å². The van der Waals surface area contributed by atoms with Crippen molar-refractivity contribution >= 4 is 11.8 Å². The van der Waals surface area contributed by atoms with Gasteiger partial charge in [-0.25, -0.2) is 4.98 Å². The Morgan fingerprint density at radius 3 is 2.75 bits per heavy atom. The lowest BCUT2D eigenvalue weighted by Gasteiger charge is -2.39. The molecule has 1 N–H and O–H groups in total. The van der Waals surface area contributed by atoms with Crippen molar-refractivity contribution in [2.24, 2.45) is 7.05 Å². The molecule has 0 spiro atoms. The topological polar surface area (TPSA) is 70.5 Å². The van der Waals surface area contributed by atoms with Crippen LogP contribution in [0.2, 0.25) is 0 Å². The summed E-state index contributed by atoms with van der Waals surface area (Å²) in [6.45, 7) is 4.04. The highest BCUT2D eigenvalue weighted by molar-refractivity contribution is 5.87. The molecule has 0 saturated carbocycles. The first-order valence-corrected chi connectivity index (χ1v) is 6.70. The number of aryl methyl sites for hydroxylation is 1. The van der Waals surface area contributed by atoms with Gasteiger partial charge >= 0.3 is 0 Å². The van der Waals surface area contributed by atoms with E-state index in [9.17, 15) is 9.59 Å². The predicted molar refractivity (Wildman–Crippen MR) is 73.7 cm³/mol. The zero-order valence-electron chi connectivity index (χ0n) is 12.2. The van der Waals surface area contributed by atoms with Gasteiger partial charge in [0, 0.05) is 53.0 Å². The standard InChI is InChI=1S/C13H21N5O2/c1-10(19)18-7-6-17(8-11(18)13(20)14-2)9-12-15-4-5-16(12)3/h4-5,11H,6-9H2,1-3H3,(H,14,20). The largest absolute Gasteiger partial charge is 0.357 e. The molecule has 2 rings (SSSR count). The highest BCUT2D eigenvalue weighted by Crippen LogP contribution is 2.13. The zero-order valence-corrected chi connectivity index (χ0v) is 12.2. The van der Waals surface area contributed by atoms with Gasteiger partial charge in [-0.2, -0.15) is 0 Å². The first-order valence-electron chi connectivity index (χ1n) is 6.70. The Labute approximate surface area is 118 Å². The minimum Gasteiger partial charge on any atom is -0.357 e. The lowest BCUT2D eigenvalue weighted by molar-refractivity contribution is -0.142. The SMILES string of the molecule is CNC(=O)C1CN(Cc2nccn2C)CCN1C(C)=O. The van der Waals surface area contributed by atoms with Crippen LogP contribution in [0, 0.1) is 0 Å². The fraction of sp³-hybridized carbons (Fsp3) is 0.615. The number of likely N-dealkylation sites (N-methyl/N-ethyl adjacent to an activating group) is 1. The summed E-state index contributed by atoms with van der Waals surface area (Å²) in [7, 11) is 3.54. The van der Waals surface area contributed by atoms with E-state index < -0.39 is 6.04 Å². The van der Waals surface area contributed by atoms with Gasteiger partial charge in [0.1, 0.15) is 11.9 Å². The molecule has 0 radical (unpaired) electrons. The lowest BCUT2D eigenvalue weighted by atomic mass is 10.1. The average molecular weight is 279 g/mol. The third kappa shape index (κ3) is 2.98. The molecular formula is C13H21N5O2. The van der Waals surface area contributed by atoms with Gasteiger partial charge in [0.25, 0.3) is 0 Å². The van der Waals surface area contributed by atoms with Crippen LogP contribution in [-0.2, 0) is 23.2 Å². The van der Waals surface area contributed by atoms with E-state index in [1.165, 1.54) is 6.92 Å². The van der Waals surface area contributed by atoms with Crippen LogP contribution in [0.5, 0.6) is 0 Å². The number of carbonyl (C=O) groups excluding carboxylic acids is 2. The molecular weight excluding hydrogens is 258 g/mol. The fourth-order valence-electron chi connectivity index (χ4n) is 2.50. The van der Waals surface area contributed by atoms with Crippen molar-refractivity contribution in [3.8, 4) is 0 Å². The second kappa shape index (κ2) is 6.04. The minimum atomic E-state index is -0.425. The van der Waals surface area contributed by atoms with Gasteiger partial charge in [-0.15, -0.1) is 0 Å². The maximum Gasteiger partial charge on any atom is 0.243 e. The second-order valence-corrected chi connectivity index (χ2v) is 5.03. The number of carbonyl (C=O) groups is 2. The lowest BCUT2D eigenvalue weighted by Crippen LogP contribution is -2.59. The summed E-state index contributed by atoms with van der Waals surface area (Å²) in [5, 5.41) is 2.63. The molecule has 2 heterocycles. The highest BCUT2D eigenvalue weighted by atomic mass is 16.2. The number of aromatic nitrogens is 2. The van der Waals surface area contributed by atoms with Crippen LogP contribution < -0.4 is 5.32 Å². The van der Waals surface area contributed by atoms with Gasteiger partial charge in [-0.05, 0) is 0 Å². The summed E-state index contributed by atoms with van der Waals surface area (Å²) in [6.07, 6.45) is 3.66. The summed E-state index contributed by atoms with van der Waals surface area (Å²) < 4.78 is 1.96. The maximum atomic E-state index is 11.9. The van der Waals surface area contributed by atoms with Gasteiger partial charge in [0.2, 0.25) is 11.8 Å². The van der Waals surface area contributed by atoms with Gasteiger partial charge in [-0.3, -0.25) is 14.5 Å². The molecule has 2 amide bonds. The summed E-state index contributed by atoms with van der Waals surface area (Å²) in [6, 6.07) is -0.425. The molecule has 20 heavy (non-hydrogen) atoms. The maximum absolute atomic E-state index is 11.9. The van der Waals surface area contributed by atoms with Gasteiger partial charge in [0.05, 0.1) is 6.54 Å². The molecule has 7 nitrogen and oxygen atoms in total. The Kier molecular flexibility index (Phi) is 4.39. The molecule has 1 atom stereocenters. The number of nitrogens with one attached hydrogen (secondary N) is 1. The quantitative estimate of drug-likeness (QED) is 0.786. The molecule has 1 fully saturated rings. The summed E-state index contributed by atoms with van der Waals surface area (Å²) in [5.41, 5.74) is 0. The van der Waals surface area contributed by atoms with E-state index in [0.29, 0.717) is 19.6 Å². The Hall–Kier alpha value is -1.89. The van der Waals surface area contributed by atoms with Crippen molar-refractivity contribution in [3.63, 3.8) is 0 Å². The van der Waals surface area contributed by atoms with E-state index in [2.05, 4.69) is 15.2 Å². The van der Waals surface area contributed by atoms with Crippen molar-refractivity contribution in [3.05, 3.63) is 18.2 Å². The van der Waals surface area contributed by atoms with Crippen LogP contribution >= 0.6 is 0 Å². The number of amides is 2. The molecule has 0 bridgehead atoms. The molecule has 110 valence electrons. The summed E-state index contributed by atoms with van der Waals surface area (Å²) >= 11 is 0. The van der Waals surface area contributed by atoms with Crippen LogP contribution in [0.3, 0.4) is 0 Å². The molecule has 1 unspecified atom stereocenters. The van der Waals surface area contributed by atoms with Crippen LogP contribution in [-0.4, -0.2) is 63.9 Å².